The van der Waals surface area contributed by atoms with Gasteiger partial charge in [-0.3, -0.25) is 4.79 Å². The molecule has 1 amide bonds. The number of H-pyrrole nitrogens is 1. The quantitative estimate of drug-likeness (QED) is 0.469. The molecule has 28 heavy (non-hydrogen) atoms. The number of hydrogen-bond donors (Lipinski definition) is 2. The lowest BCUT2D eigenvalue weighted by atomic mass is 10.0. The molecule has 2 N–H and O–H groups in total. The number of carbonyl (C=O) groups is 1. The number of hydrogen-bond acceptors (Lipinski definition) is 1. The van der Waals surface area contributed by atoms with Crippen molar-refractivity contribution in [2.45, 2.75) is 20.3 Å². The highest BCUT2D eigenvalue weighted by Gasteiger charge is 2.09. The maximum Gasteiger partial charge on any atom is 0.255 e. The van der Waals surface area contributed by atoms with Crippen molar-refractivity contribution in [2.75, 3.05) is 5.32 Å². The molecule has 0 radical (unpaired) electrons. The number of fused-ring (bicyclic) bond motifs is 1. The molecule has 0 saturated carbocycles. The average Bonchev–Trinajstić information content (AvgIpc) is 2.96. The number of aryl methyl sites for hydroxylation is 2. The lowest BCUT2D eigenvalue weighted by molar-refractivity contribution is 0.102. The summed E-state index contributed by atoms with van der Waals surface area (Å²) in [7, 11) is 0. The van der Waals surface area contributed by atoms with Crippen LogP contribution < -0.4 is 5.32 Å². The van der Waals surface area contributed by atoms with Crippen LogP contribution in [0.1, 0.15) is 32.7 Å². The molecule has 0 aliphatic rings. The Bertz CT molecular complexity index is 1180. The van der Waals surface area contributed by atoms with Crippen LogP contribution in [0.2, 0.25) is 0 Å². The fourth-order valence-corrected chi connectivity index (χ4v) is 3.45. The standard InChI is InChI=1S/C24H21FN2O/c1-15-16(2)26-23-10-9-18(13-22(15)23)11-17-5-3-6-19(12-17)24(28)27-21-8-4-7-20(25)14-21/h3-10,12-14,26H,11H2,1-2H3,(H,27,28). The maximum absolute atomic E-state index is 13.3. The van der Waals surface area contributed by atoms with Crippen molar-refractivity contribution in [2.24, 2.45) is 0 Å². The molecule has 1 heterocycles. The molecular weight excluding hydrogens is 351 g/mol. The van der Waals surface area contributed by atoms with E-state index in [1.54, 1.807) is 18.2 Å². The molecule has 1 aromatic heterocycles. The summed E-state index contributed by atoms with van der Waals surface area (Å²) in [6.07, 6.45) is 0.737. The molecule has 4 heteroatoms. The van der Waals surface area contributed by atoms with Crippen LogP contribution in [0.25, 0.3) is 10.9 Å². The first-order valence-electron chi connectivity index (χ1n) is 9.23. The number of benzene rings is 3. The summed E-state index contributed by atoms with van der Waals surface area (Å²) in [5.41, 5.74) is 6.83. The van der Waals surface area contributed by atoms with E-state index < -0.39 is 0 Å². The normalized spacial score (nSPS) is 11.0. The summed E-state index contributed by atoms with van der Waals surface area (Å²) in [5, 5.41) is 3.97. The highest BCUT2D eigenvalue weighted by Crippen LogP contribution is 2.24. The average molecular weight is 372 g/mol. The first kappa shape index (κ1) is 18.0. The van der Waals surface area contributed by atoms with Crippen LogP contribution in [-0.2, 0) is 6.42 Å². The third-order valence-electron chi connectivity index (χ3n) is 5.05. The Morgan fingerprint density at radius 3 is 2.57 bits per heavy atom. The van der Waals surface area contributed by atoms with Crippen molar-refractivity contribution in [1.29, 1.82) is 0 Å². The molecule has 0 saturated heterocycles. The van der Waals surface area contributed by atoms with Gasteiger partial charge >= 0.3 is 0 Å². The Balaban J connectivity index is 1.55. The minimum Gasteiger partial charge on any atom is -0.358 e. The molecule has 0 unspecified atom stereocenters. The monoisotopic (exact) mass is 372 g/mol. The Morgan fingerprint density at radius 2 is 1.75 bits per heavy atom. The Kier molecular flexibility index (Phi) is 4.70. The molecule has 0 aliphatic carbocycles. The number of nitrogens with one attached hydrogen (secondary N) is 2. The van der Waals surface area contributed by atoms with Gasteiger partial charge in [0.25, 0.3) is 5.91 Å². The molecule has 0 spiro atoms. The molecule has 3 aromatic carbocycles. The summed E-state index contributed by atoms with van der Waals surface area (Å²) < 4.78 is 13.3. The van der Waals surface area contributed by atoms with E-state index in [1.807, 2.05) is 18.2 Å². The van der Waals surface area contributed by atoms with E-state index >= 15 is 0 Å². The van der Waals surface area contributed by atoms with Crippen LogP contribution in [0.5, 0.6) is 0 Å². The predicted molar refractivity (Wildman–Crippen MR) is 111 cm³/mol. The number of halogens is 1. The predicted octanol–water partition coefficient (Wildman–Crippen LogP) is 5.77. The third-order valence-corrected chi connectivity index (χ3v) is 5.05. The van der Waals surface area contributed by atoms with Gasteiger partial charge in [-0.05, 0) is 79.4 Å². The molecule has 3 nitrogen and oxygen atoms in total. The number of carbonyl (C=O) groups excluding carboxylic acids is 1. The van der Waals surface area contributed by atoms with Gasteiger partial charge in [-0.2, -0.15) is 0 Å². The van der Waals surface area contributed by atoms with Crippen LogP contribution in [0.3, 0.4) is 0 Å². The molecule has 0 fully saturated rings. The number of rotatable bonds is 4. The van der Waals surface area contributed by atoms with Crippen molar-refractivity contribution >= 4 is 22.5 Å². The highest BCUT2D eigenvalue weighted by atomic mass is 19.1. The minimum atomic E-state index is -0.378. The number of aromatic nitrogens is 1. The van der Waals surface area contributed by atoms with Crippen LogP contribution in [0.4, 0.5) is 10.1 Å². The Labute approximate surface area is 163 Å². The first-order chi connectivity index (χ1) is 13.5. The van der Waals surface area contributed by atoms with Gasteiger partial charge < -0.3 is 10.3 Å². The fraction of sp³-hybridized carbons (Fsp3) is 0.125. The van der Waals surface area contributed by atoms with Gasteiger partial charge in [-0.25, -0.2) is 4.39 Å². The molecule has 4 rings (SSSR count). The van der Waals surface area contributed by atoms with Crippen molar-refractivity contribution in [3.63, 3.8) is 0 Å². The second kappa shape index (κ2) is 7.31. The van der Waals surface area contributed by atoms with E-state index in [9.17, 15) is 9.18 Å². The molecule has 0 aliphatic heterocycles. The van der Waals surface area contributed by atoms with Crippen LogP contribution in [0, 0.1) is 19.7 Å². The number of anilines is 1. The van der Waals surface area contributed by atoms with Crippen molar-refractivity contribution in [3.8, 4) is 0 Å². The summed E-state index contributed by atoms with van der Waals surface area (Å²) in [5.74, 6) is -0.628. The third kappa shape index (κ3) is 3.67. The van der Waals surface area contributed by atoms with Gasteiger partial charge in [-0.15, -0.1) is 0 Å². The maximum atomic E-state index is 13.3. The lowest BCUT2D eigenvalue weighted by Crippen LogP contribution is -2.12. The van der Waals surface area contributed by atoms with Gasteiger partial charge in [-0.1, -0.05) is 24.3 Å². The van der Waals surface area contributed by atoms with E-state index in [2.05, 4.69) is 42.3 Å². The number of amides is 1. The Morgan fingerprint density at radius 1 is 0.964 bits per heavy atom. The zero-order valence-electron chi connectivity index (χ0n) is 15.8. The molecule has 0 bridgehead atoms. The Hall–Kier alpha value is -3.40. The summed E-state index contributed by atoms with van der Waals surface area (Å²) >= 11 is 0. The first-order valence-corrected chi connectivity index (χ1v) is 9.23. The zero-order chi connectivity index (χ0) is 19.7. The van der Waals surface area contributed by atoms with E-state index in [0.29, 0.717) is 11.3 Å². The van der Waals surface area contributed by atoms with E-state index in [4.69, 9.17) is 0 Å². The topological polar surface area (TPSA) is 44.9 Å². The second-order valence-corrected chi connectivity index (χ2v) is 7.10. The SMILES string of the molecule is Cc1[nH]c2ccc(Cc3cccc(C(=O)Nc4cccc(F)c4)c3)cc2c1C. The molecular formula is C24H21FN2O. The zero-order valence-corrected chi connectivity index (χ0v) is 15.8. The smallest absolute Gasteiger partial charge is 0.255 e. The second-order valence-electron chi connectivity index (χ2n) is 7.10. The van der Waals surface area contributed by atoms with E-state index in [-0.39, 0.29) is 11.7 Å². The molecule has 4 aromatic rings. The summed E-state index contributed by atoms with van der Waals surface area (Å²) in [4.78, 5) is 15.9. The van der Waals surface area contributed by atoms with Gasteiger partial charge in [0.15, 0.2) is 0 Å². The fourth-order valence-electron chi connectivity index (χ4n) is 3.45. The van der Waals surface area contributed by atoms with Crippen LogP contribution >= 0.6 is 0 Å². The number of aromatic amines is 1. The van der Waals surface area contributed by atoms with Gasteiger partial charge in [0, 0.05) is 27.8 Å². The van der Waals surface area contributed by atoms with Crippen molar-refractivity contribution in [3.05, 3.63) is 100 Å². The van der Waals surface area contributed by atoms with Gasteiger partial charge in [0.1, 0.15) is 5.82 Å². The summed E-state index contributed by atoms with van der Waals surface area (Å²) in [6, 6.07) is 19.8. The largest absolute Gasteiger partial charge is 0.358 e. The van der Waals surface area contributed by atoms with E-state index in [0.717, 1.165) is 17.5 Å². The molecule has 0 atom stereocenters. The van der Waals surface area contributed by atoms with Crippen molar-refractivity contribution in [1.82, 2.24) is 4.98 Å². The van der Waals surface area contributed by atoms with E-state index in [1.165, 1.54) is 34.3 Å². The van der Waals surface area contributed by atoms with Gasteiger partial charge in [0.2, 0.25) is 0 Å². The van der Waals surface area contributed by atoms with Gasteiger partial charge in [0.05, 0.1) is 0 Å². The summed E-state index contributed by atoms with van der Waals surface area (Å²) in [6.45, 7) is 4.20. The highest BCUT2D eigenvalue weighted by molar-refractivity contribution is 6.04. The molecule has 140 valence electrons. The van der Waals surface area contributed by atoms with Crippen LogP contribution in [-0.4, -0.2) is 10.9 Å². The van der Waals surface area contributed by atoms with Crippen molar-refractivity contribution < 1.29 is 9.18 Å². The van der Waals surface area contributed by atoms with Crippen LogP contribution in [0.15, 0.2) is 66.7 Å². The minimum absolute atomic E-state index is 0.250. The lowest BCUT2D eigenvalue weighted by Gasteiger charge is -2.08.